The number of nitrogens with zero attached hydrogens (tertiary/aromatic N) is 3. The number of fused-ring (bicyclic) bond motifs is 2. The molecule has 3 rings (SSSR count). The Bertz CT molecular complexity index is 1060. The Kier molecular flexibility index (Phi) is 3.92. The Morgan fingerprint density at radius 3 is 2.79 bits per heavy atom. The summed E-state index contributed by atoms with van der Waals surface area (Å²) in [6.07, 6.45) is 1.64. The molecule has 2 N–H and O–H groups in total. The van der Waals surface area contributed by atoms with Crippen LogP contribution in [0, 0.1) is 5.41 Å². The van der Waals surface area contributed by atoms with Gasteiger partial charge in [0.1, 0.15) is 16.8 Å². The standard InChI is InChI=1S/C17H19N5O2/c1-4-19-16(23)11-9-12-15(22(10(2)3)14(11)18)20-13-7-5-6-8-21(13)17(12)24/h5-10,18H,4H2,1-3H3,(H,19,23). The molecule has 7 nitrogen and oxygen atoms in total. The molecule has 0 fully saturated rings. The maximum atomic E-state index is 12.8. The minimum Gasteiger partial charge on any atom is -0.352 e. The Balaban J connectivity index is 2.51. The predicted molar refractivity (Wildman–Crippen MR) is 91.2 cm³/mol. The minimum absolute atomic E-state index is 0.0515. The number of nitrogens with one attached hydrogen (secondary N) is 2. The molecule has 3 aromatic heterocycles. The lowest BCUT2D eigenvalue weighted by Gasteiger charge is -2.17. The highest BCUT2D eigenvalue weighted by Crippen LogP contribution is 2.14. The van der Waals surface area contributed by atoms with Gasteiger partial charge in [-0.05, 0) is 39.0 Å². The van der Waals surface area contributed by atoms with Gasteiger partial charge in [0.25, 0.3) is 11.5 Å². The summed E-state index contributed by atoms with van der Waals surface area (Å²) in [4.78, 5) is 29.6. The quantitative estimate of drug-likeness (QED) is 0.714. The highest BCUT2D eigenvalue weighted by Gasteiger charge is 2.18. The third-order valence-corrected chi connectivity index (χ3v) is 3.86. The first-order chi connectivity index (χ1) is 11.5. The van der Waals surface area contributed by atoms with Crippen LogP contribution in [-0.4, -0.2) is 26.4 Å². The average molecular weight is 325 g/mol. The summed E-state index contributed by atoms with van der Waals surface area (Å²) in [5, 5.41) is 11.4. The zero-order chi connectivity index (χ0) is 17.4. The van der Waals surface area contributed by atoms with Gasteiger partial charge >= 0.3 is 0 Å². The lowest BCUT2D eigenvalue weighted by atomic mass is 10.1. The number of pyridine rings is 2. The monoisotopic (exact) mass is 325 g/mol. The summed E-state index contributed by atoms with van der Waals surface area (Å²) < 4.78 is 3.06. The molecule has 0 aliphatic rings. The molecule has 24 heavy (non-hydrogen) atoms. The minimum atomic E-state index is -0.364. The number of carbonyl (C=O) groups is 1. The van der Waals surface area contributed by atoms with Gasteiger partial charge in [0.15, 0.2) is 0 Å². The zero-order valence-corrected chi connectivity index (χ0v) is 13.8. The molecule has 0 aromatic carbocycles. The molecule has 0 atom stereocenters. The van der Waals surface area contributed by atoms with E-state index in [1.165, 1.54) is 10.5 Å². The van der Waals surface area contributed by atoms with Gasteiger partial charge in [-0.2, -0.15) is 0 Å². The van der Waals surface area contributed by atoms with Crippen molar-refractivity contribution in [1.82, 2.24) is 19.3 Å². The van der Waals surface area contributed by atoms with E-state index in [0.29, 0.717) is 23.2 Å². The first-order valence-corrected chi connectivity index (χ1v) is 7.85. The molecule has 0 saturated heterocycles. The van der Waals surface area contributed by atoms with Gasteiger partial charge in [-0.3, -0.25) is 19.4 Å². The van der Waals surface area contributed by atoms with E-state index in [4.69, 9.17) is 5.41 Å². The third-order valence-electron chi connectivity index (χ3n) is 3.86. The number of rotatable bonds is 3. The zero-order valence-electron chi connectivity index (χ0n) is 13.8. The van der Waals surface area contributed by atoms with Crippen molar-refractivity contribution in [1.29, 1.82) is 5.41 Å². The second-order valence-corrected chi connectivity index (χ2v) is 5.81. The smallest absolute Gasteiger partial charge is 0.267 e. The molecule has 0 unspecified atom stereocenters. The van der Waals surface area contributed by atoms with Crippen LogP contribution in [0.25, 0.3) is 16.7 Å². The van der Waals surface area contributed by atoms with Crippen molar-refractivity contribution in [3.63, 3.8) is 0 Å². The summed E-state index contributed by atoms with van der Waals surface area (Å²) in [6.45, 7) is 6.05. The number of hydrogen-bond acceptors (Lipinski definition) is 4. The fraction of sp³-hybridized carbons (Fsp3) is 0.294. The normalized spacial score (nSPS) is 11.3. The van der Waals surface area contributed by atoms with E-state index in [1.54, 1.807) is 29.0 Å². The van der Waals surface area contributed by atoms with Crippen LogP contribution in [0.3, 0.4) is 0 Å². The molecular weight excluding hydrogens is 306 g/mol. The Hall–Kier alpha value is -2.96. The molecule has 124 valence electrons. The van der Waals surface area contributed by atoms with Crippen LogP contribution in [-0.2, 0) is 0 Å². The van der Waals surface area contributed by atoms with E-state index >= 15 is 0 Å². The first-order valence-electron chi connectivity index (χ1n) is 7.85. The molecule has 0 saturated carbocycles. The van der Waals surface area contributed by atoms with Crippen LogP contribution in [0.4, 0.5) is 0 Å². The van der Waals surface area contributed by atoms with Gasteiger partial charge in [-0.1, -0.05) is 6.07 Å². The van der Waals surface area contributed by atoms with E-state index in [9.17, 15) is 9.59 Å². The van der Waals surface area contributed by atoms with Crippen molar-refractivity contribution in [3.8, 4) is 0 Å². The SMILES string of the molecule is CCNC(=O)c1cc2c(=O)n3ccccc3nc2n(C(C)C)c1=N. The maximum Gasteiger partial charge on any atom is 0.267 e. The topological polar surface area (TPSA) is 92.2 Å². The molecule has 0 aliphatic carbocycles. The van der Waals surface area contributed by atoms with Crippen LogP contribution < -0.4 is 16.4 Å². The van der Waals surface area contributed by atoms with Crippen molar-refractivity contribution in [2.75, 3.05) is 6.54 Å². The number of carbonyl (C=O) groups excluding carboxylic acids is 1. The van der Waals surface area contributed by atoms with Gasteiger partial charge in [0.05, 0.1) is 10.9 Å². The summed E-state index contributed by atoms with van der Waals surface area (Å²) in [6, 6.07) is 6.65. The molecule has 7 heteroatoms. The van der Waals surface area contributed by atoms with Crippen LogP contribution in [0.2, 0.25) is 0 Å². The van der Waals surface area contributed by atoms with E-state index in [0.717, 1.165) is 0 Å². The van der Waals surface area contributed by atoms with Gasteiger partial charge in [-0.25, -0.2) is 4.98 Å². The predicted octanol–water partition coefficient (Wildman–Crippen LogP) is 1.46. The summed E-state index contributed by atoms with van der Waals surface area (Å²) in [5.41, 5.74) is 0.896. The van der Waals surface area contributed by atoms with Crippen LogP contribution in [0.5, 0.6) is 0 Å². The van der Waals surface area contributed by atoms with E-state index in [2.05, 4.69) is 10.3 Å². The van der Waals surface area contributed by atoms with E-state index < -0.39 is 0 Å². The molecular formula is C17H19N5O2. The molecule has 0 radical (unpaired) electrons. The van der Waals surface area contributed by atoms with Gasteiger partial charge in [0.2, 0.25) is 0 Å². The third kappa shape index (κ3) is 2.38. The molecule has 0 bridgehead atoms. The Labute approximate surface area is 138 Å². The average Bonchev–Trinajstić information content (AvgIpc) is 2.54. The van der Waals surface area contributed by atoms with Crippen molar-refractivity contribution in [2.24, 2.45) is 0 Å². The molecule has 1 amide bonds. The van der Waals surface area contributed by atoms with Crippen molar-refractivity contribution in [2.45, 2.75) is 26.8 Å². The van der Waals surface area contributed by atoms with Crippen LogP contribution >= 0.6 is 0 Å². The lowest BCUT2D eigenvalue weighted by molar-refractivity contribution is 0.0953. The number of aromatic nitrogens is 3. The van der Waals surface area contributed by atoms with Crippen molar-refractivity contribution >= 4 is 22.6 Å². The fourth-order valence-corrected chi connectivity index (χ4v) is 2.78. The summed E-state index contributed by atoms with van der Waals surface area (Å²) >= 11 is 0. The highest BCUT2D eigenvalue weighted by molar-refractivity contribution is 5.96. The van der Waals surface area contributed by atoms with Gasteiger partial charge < -0.3 is 9.88 Å². The molecule has 0 spiro atoms. The summed E-state index contributed by atoms with van der Waals surface area (Å²) in [5.74, 6) is -0.364. The summed E-state index contributed by atoms with van der Waals surface area (Å²) in [7, 11) is 0. The molecule has 3 heterocycles. The number of hydrogen-bond donors (Lipinski definition) is 2. The Morgan fingerprint density at radius 1 is 1.38 bits per heavy atom. The lowest BCUT2D eigenvalue weighted by Crippen LogP contribution is -2.35. The molecule has 3 aromatic rings. The fourth-order valence-electron chi connectivity index (χ4n) is 2.78. The Morgan fingerprint density at radius 2 is 2.12 bits per heavy atom. The van der Waals surface area contributed by atoms with Crippen LogP contribution in [0.15, 0.2) is 35.3 Å². The second-order valence-electron chi connectivity index (χ2n) is 5.81. The van der Waals surface area contributed by atoms with E-state index in [-0.39, 0.29) is 28.6 Å². The second kappa shape index (κ2) is 5.92. The largest absolute Gasteiger partial charge is 0.352 e. The highest BCUT2D eigenvalue weighted by atomic mass is 16.1. The first kappa shape index (κ1) is 15.9. The maximum absolute atomic E-state index is 12.8. The van der Waals surface area contributed by atoms with Gasteiger partial charge in [0, 0.05) is 18.8 Å². The van der Waals surface area contributed by atoms with E-state index in [1.807, 2.05) is 20.8 Å². The van der Waals surface area contributed by atoms with Gasteiger partial charge in [-0.15, -0.1) is 0 Å². The van der Waals surface area contributed by atoms with Crippen molar-refractivity contribution in [3.05, 3.63) is 51.9 Å². The van der Waals surface area contributed by atoms with Crippen LogP contribution in [0.1, 0.15) is 37.2 Å². The molecule has 0 aliphatic heterocycles. The number of amides is 1. The van der Waals surface area contributed by atoms with Crippen molar-refractivity contribution < 1.29 is 4.79 Å².